The standard InChI is InChI=1S/C9H14N2O5S/c1-16-6-7(5-12)11-17(14,15)8-2-3-9(13)10-4-8/h2-4,7,11-12H,5-6H2,1H3,(H,10,13). The van der Waals surface area contributed by atoms with Gasteiger partial charge in [0, 0.05) is 19.4 Å². The van der Waals surface area contributed by atoms with E-state index >= 15 is 0 Å². The number of rotatable bonds is 6. The molecule has 17 heavy (non-hydrogen) atoms. The van der Waals surface area contributed by atoms with Crippen LogP contribution in [0.1, 0.15) is 0 Å². The van der Waals surface area contributed by atoms with Crippen molar-refractivity contribution in [3.05, 3.63) is 28.7 Å². The number of methoxy groups -OCH3 is 1. The first-order chi connectivity index (χ1) is 7.99. The molecule has 0 radical (unpaired) electrons. The Bertz CT molecular complexity index is 490. The minimum absolute atomic E-state index is 0.0546. The van der Waals surface area contributed by atoms with E-state index in [0.717, 1.165) is 12.3 Å². The molecule has 0 aliphatic heterocycles. The molecule has 0 saturated carbocycles. The van der Waals surface area contributed by atoms with Gasteiger partial charge in [-0.25, -0.2) is 13.1 Å². The number of hydrogen-bond donors (Lipinski definition) is 3. The third-order valence-corrected chi connectivity index (χ3v) is 3.49. The summed E-state index contributed by atoms with van der Waals surface area (Å²) in [5.41, 5.74) is -0.389. The minimum Gasteiger partial charge on any atom is -0.395 e. The quantitative estimate of drug-likeness (QED) is 0.588. The lowest BCUT2D eigenvalue weighted by atomic mass is 10.4. The summed E-state index contributed by atoms with van der Waals surface area (Å²) < 4.78 is 30.6. The largest absolute Gasteiger partial charge is 0.395 e. The van der Waals surface area contributed by atoms with Gasteiger partial charge in [-0.3, -0.25) is 4.79 Å². The summed E-state index contributed by atoms with van der Waals surface area (Å²) in [5, 5.41) is 8.95. The Labute approximate surface area is 98.5 Å². The van der Waals surface area contributed by atoms with Crippen LogP contribution in [0.3, 0.4) is 0 Å². The van der Waals surface area contributed by atoms with Gasteiger partial charge in [0.15, 0.2) is 0 Å². The molecule has 1 aromatic rings. The van der Waals surface area contributed by atoms with Crippen molar-refractivity contribution in [3.63, 3.8) is 0 Å². The van der Waals surface area contributed by atoms with Gasteiger partial charge < -0.3 is 14.8 Å². The Morgan fingerprint density at radius 2 is 2.24 bits per heavy atom. The average Bonchev–Trinajstić information content (AvgIpc) is 2.28. The van der Waals surface area contributed by atoms with Gasteiger partial charge in [0.25, 0.3) is 0 Å². The number of hydrogen-bond acceptors (Lipinski definition) is 5. The Balaban J connectivity index is 2.88. The highest BCUT2D eigenvalue weighted by Crippen LogP contribution is 2.05. The van der Waals surface area contributed by atoms with Gasteiger partial charge >= 0.3 is 0 Å². The van der Waals surface area contributed by atoms with Gasteiger partial charge in [-0.05, 0) is 6.07 Å². The van der Waals surface area contributed by atoms with E-state index in [2.05, 4.69) is 9.71 Å². The number of pyridine rings is 1. The molecule has 1 rings (SSSR count). The van der Waals surface area contributed by atoms with Crippen LogP contribution in [0, 0.1) is 0 Å². The molecule has 0 spiro atoms. The van der Waals surface area contributed by atoms with Crippen LogP contribution in [0.15, 0.2) is 28.0 Å². The minimum atomic E-state index is -3.77. The van der Waals surface area contributed by atoms with Crippen LogP contribution in [-0.4, -0.2) is 44.9 Å². The average molecular weight is 262 g/mol. The zero-order valence-electron chi connectivity index (χ0n) is 9.21. The SMILES string of the molecule is COCC(CO)NS(=O)(=O)c1ccc(=O)[nH]c1. The fourth-order valence-corrected chi connectivity index (χ4v) is 2.35. The Morgan fingerprint density at radius 1 is 1.53 bits per heavy atom. The molecule has 3 N–H and O–H groups in total. The van der Waals surface area contributed by atoms with Crippen LogP contribution in [-0.2, 0) is 14.8 Å². The predicted octanol–water partition coefficient (Wildman–Crippen LogP) is -1.34. The maximum absolute atomic E-state index is 11.8. The van der Waals surface area contributed by atoms with Crippen molar-refractivity contribution in [1.29, 1.82) is 0 Å². The third kappa shape index (κ3) is 3.93. The fourth-order valence-electron chi connectivity index (χ4n) is 1.18. The van der Waals surface area contributed by atoms with Crippen molar-refractivity contribution in [2.75, 3.05) is 20.3 Å². The Kier molecular flexibility index (Phi) is 4.82. The highest BCUT2D eigenvalue weighted by atomic mass is 32.2. The molecule has 96 valence electrons. The van der Waals surface area contributed by atoms with E-state index in [0.29, 0.717) is 0 Å². The van der Waals surface area contributed by atoms with Crippen LogP contribution in [0.5, 0.6) is 0 Å². The van der Waals surface area contributed by atoms with E-state index in [1.54, 1.807) is 0 Å². The first kappa shape index (κ1) is 13.8. The second-order valence-electron chi connectivity index (χ2n) is 3.34. The molecule has 1 atom stereocenters. The monoisotopic (exact) mass is 262 g/mol. The van der Waals surface area contributed by atoms with Crippen LogP contribution in [0.4, 0.5) is 0 Å². The number of aliphatic hydroxyl groups is 1. The summed E-state index contributed by atoms with van der Waals surface area (Å²) >= 11 is 0. The molecule has 0 aliphatic carbocycles. The number of aromatic amines is 1. The summed E-state index contributed by atoms with van der Waals surface area (Å²) in [5.74, 6) is 0. The number of sulfonamides is 1. The summed E-state index contributed by atoms with van der Waals surface area (Å²) in [4.78, 5) is 13.0. The molecule has 8 heteroatoms. The first-order valence-corrected chi connectivity index (χ1v) is 6.29. The number of ether oxygens (including phenoxy) is 1. The molecule has 1 unspecified atom stereocenters. The van der Waals surface area contributed by atoms with Crippen LogP contribution in [0.25, 0.3) is 0 Å². The molecule has 1 aromatic heterocycles. The topological polar surface area (TPSA) is 108 Å². The summed E-state index contributed by atoms with van der Waals surface area (Å²) in [6, 6.07) is 1.57. The highest BCUT2D eigenvalue weighted by molar-refractivity contribution is 7.89. The lowest BCUT2D eigenvalue weighted by molar-refractivity contribution is 0.139. The van der Waals surface area contributed by atoms with Gasteiger partial charge in [-0.2, -0.15) is 0 Å². The van der Waals surface area contributed by atoms with E-state index < -0.39 is 16.1 Å². The number of aliphatic hydroxyl groups excluding tert-OH is 1. The zero-order chi connectivity index (χ0) is 12.9. The Hall–Kier alpha value is -1.22. The molecule has 0 aliphatic rings. The lowest BCUT2D eigenvalue weighted by Crippen LogP contribution is -2.40. The maximum atomic E-state index is 11.8. The molecular formula is C9H14N2O5S. The molecule has 0 bridgehead atoms. The number of nitrogens with one attached hydrogen (secondary N) is 2. The highest BCUT2D eigenvalue weighted by Gasteiger charge is 2.19. The van der Waals surface area contributed by atoms with E-state index in [1.165, 1.54) is 13.2 Å². The van der Waals surface area contributed by atoms with E-state index in [1.807, 2.05) is 0 Å². The van der Waals surface area contributed by atoms with E-state index in [9.17, 15) is 13.2 Å². The Morgan fingerprint density at radius 3 is 2.71 bits per heavy atom. The normalized spacial score (nSPS) is 13.5. The van der Waals surface area contributed by atoms with Crippen LogP contribution < -0.4 is 10.3 Å². The van der Waals surface area contributed by atoms with Gasteiger partial charge in [0.05, 0.1) is 24.2 Å². The van der Waals surface area contributed by atoms with Gasteiger partial charge in [-0.15, -0.1) is 0 Å². The molecule has 1 heterocycles. The van der Waals surface area contributed by atoms with Crippen molar-refractivity contribution < 1.29 is 18.3 Å². The van der Waals surface area contributed by atoms with Crippen LogP contribution in [0.2, 0.25) is 0 Å². The molecule has 0 fully saturated rings. The zero-order valence-corrected chi connectivity index (χ0v) is 10.0. The smallest absolute Gasteiger partial charge is 0.247 e. The fraction of sp³-hybridized carbons (Fsp3) is 0.444. The van der Waals surface area contributed by atoms with E-state index in [-0.39, 0.29) is 23.7 Å². The summed E-state index contributed by atoms with van der Waals surface area (Å²) in [6.45, 7) is -0.324. The molecule has 0 saturated heterocycles. The summed E-state index contributed by atoms with van der Waals surface area (Å²) in [6.07, 6.45) is 1.09. The van der Waals surface area contributed by atoms with E-state index in [4.69, 9.17) is 9.84 Å². The van der Waals surface area contributed by atoms with Gasteiger partial charge in [-0.1, -0.05) is 0 Å². The van der Waals surface area contributed by atoms with Gasteiger partial charge in [0.1, 0.15) is 0 Å². The molecule has 7 nitrogen and oxygen atoms in total. The van der Waals surface area contributed by atoms with Crippen molar-refractivity contribution in [2.45, 2.75) is 10.9 Å². The van der Waals surface area contributed by atoms with Crippen molar-refractivity contribution in [3.8, 4) is 0 Å². The molecule has 0 aromatic carbocycles. The lowest BCUT2D eigenvalue weighted by Gasteiger charge is -2.15. The van der Waals surface area contributed by atoms with Crippen LogP contribution >= 0.6 is 0 Å². The second kappa shape index (κ2) is 5.92. The molecular weight excluding hydrogens is 248 g/mol. The predicted molar refractivity (Wildman–Crippen MR) is 60.1 cm³/mol. The summed E-state index contributed by atoms with van der Waals surface area (Å²) in [7, 11) is -2.37. The first-order valence-electron chi connectivity index (χ1n) is 4.80. The van der Waals surface area contributed by atoms with Gasteiger partial charge in [0.2, 0.25) is 15.6 Å². The second-order valence-corrected chi connectivity index (χ2v) is 5.06. The van der Waals surface area contributed by atoms with Crippen molar-refractivity contribution in [1.82, 2.24) is 9.71 Å². The molecule has 0 amide bonds. The van der Waals surface area contributed by atoms with Crippen molar-refractivity contribution in [2.24, 2.45) is 0 Å². The number of H-pyrrole nitrogens is 1. The number of aromatic nitrogens is 1. The maximum Gasteiger partial charge on any atom is 0.247 e. The van der Waals surface area contributed by atoms with Crippen molar-refractivity contribution >= 4 is 10.0 Å². The third-order valence-electron chi connectivity index (χ3n) is 1.98.